The minimum atomic E-state index is 0. The molecule has 2 unspecified atom stereocenters. The summed E-state index contributed by atoms with van der Waals surface area (Å²) < 4.78 is 5.66. The fourth-order valence-corrected chi connectivity index (χ4v) is 4.51. The molecule has 0 bridgehead atoms. The number of guanidine groups is 1. The Labute approximate surface area is 163 Å². The summed E-state index contributed by atoms with van der Waals surface area (Å²) in [5.41, 5.74) is 0.409. The highest BCUT2D eigenvalue weighted by molar-refractivity contribution is 14.0. The molecule has 1 spiro atoms. The van der Waals surface area contributed by atoms with Crippen molar-refractivity contribution in [3.8, 4) is 0 Å². The zero-order chi connectivity index (χ0) is 15.7. The summed E-state index contributed by atoms with van der Waals surface area (Å²) in [5.74, 6) is 1.90. The predicted molar refractivity (Wildman–Crippen MR) is 108 cm³/mol. The number of hydrogen-bond donors (Lipinski definition) is 1. The van der Waals surface area contributed by atoms with E-state index in [1.54, 1.807) is 0 Å². The van der Waals surface area contributed by atoms with E-state index in [1.807, 2.05) is 0 Å². The monoisotopic (exact) mass is 448 g/mol. The van der Waals surface area contributed by atoms with Gasteiger partial charge >= 0.3 is 0 Å². The highest BCUT2D eigenvalue weighted by Crippen LogP contribution is 2.38. The molecule has 1 N–H and O–H groups in total. The van der Waals surface area contributed by atoms with Crippen molar-refractivity contribution in [3.63, 3.8) is 0 Å². The van der Waals surface area contributed by atoms with Gasteiger partial charge in [-0.05, 0) is 51.5 Å². The molecule has 4 fully saturated rings. The van der Waals surface area contributed by atoms with Crippen molar-refractivity contribution in [2.24, 2.45) is 16.3 Å². The van der Waals surface area contributed by atoms with E-state index >= 15 is 0 Å². The molecule has 6 heteroatoms. The van der Waals surface area contributed by atoms with Gasteiger partial charge in [-0.1, -0.05) is 0 Å². The number of nitrogens with one attached hydrogen (secondary N) is 1. The maximum Gasteiger partial charge on any atom is 0.193 e. The molecule has 4 rings (SSSR count). The van der Waals surface area contributed by atoms with Crippen LogP contribution >= 0.6 is 24.0 Å². The SMILES string of the molecule is CCNC(=NCC1CCN(C2CC2)C1)N1CCC2(CCOC2)C1.I. The Bertz CT molecular complexity index is 448. The lowest BCUT2D eigenvalue weighted by Crippen LogP contribution is -2.41. The topological polar surface area (TPSA) is 40.1 Å². The predicted octanol–water partition coefficient (Wildman–Crippen LogP) is 2.17. The van der Waals surface area contributed by atoms with Crippen LogP contribution in [0.25, 0.3) is 0 Å². The Morgan fingerprint density at radius 3 is 2.83 bits per heavy atom. The molecule has 1 aliphatic carbocycles. The van der Waals surface area contributed by atoms with Crippen molar-refractivity contribution in [2.75, 3.05) is 52.5 Å². The van der Waals surface area contributed by atoms with Gasteiger partial charge in [0, 0.05) is 50.8 Å². The van der Waals surface area contributed by atoms with Crippen molar-refractivity contribution < 1.29 is 4.74 Å². The lowest BCUT2D eigenvalue weighted by Gasteiger charge is -2.25. The molecule has 0 radical (unpaired) electrons. The van der Waals surface area contributed by atoms with Crippen LogP contribution in [0.1, 0.15) is 39.0 Å². The van der Waals surface area contributed by atoms with E-state index in [0.717, 1.165) is 57.3 Å². The van der Waals surface area contributed by atoms with E-state index < -0.39 is 0 Å². The van der Waals surface area contributed by atoms with Crippen LogP contribution in [0.2, 0.25) is 0 Å². The van der Waals surface area contributed by atoms with E-state index in [9.17, 15) is 0 Å². The molecule has 3 aliphatic heterocycles. The second-order valence-corrected chi connectivity index (χ2v) is 8.05. The first kappa shape index (κ1) is 18.7. The van der Waals surface area contributed by atoms with Gasteiger partial charge in [-0.25, -0.2) is 0 Å². The van der Waals surface area contributed by atoms with Crippen LogP contribution in [0.5, 0.6) is 0 Å². The molecule has 0 aromatic carbocycles. The smallest absolute Gasteiger partial charge is 0.193 e. The van der Waals surface area contributed by atoms with Gasteiger partial charge in [-0.15, -0.1) is 24.0 Å². The van der Waals surface area contributed by atoms with Crippen molar-refractivity contribution in [3.05, 3.63) is 0 Å². The molecule has 24 heavy (non-hydrogen) atoms. The third kappa shape index (κ3) is 4.18. The van der Waals surface area contributed by atoms with Gasteiger partial charge in [-0.2, -0.15) is 0 Å². The third-order valence-electron chi connectivity index (χ3n) is 6.14. The Kier molecular flexibility index (Phi) is 6.30. The summed E-state index contributed by atoms with van der Waals surface area (Å²) in [7, 11) is 0. The van der Waals surface area contributed by atoms with E-state index in [4.69, 9.17) is 9.73 Å². The molecule has 1 saturated carbocycles. The van der Waals surface area contributed by atoms with Gasteiger partial charge in [0.2, 0.25) is 0 Å². The second kappa shape index (κ2) is 8.08. The number of hydrogen-bond acceptors (Lipinski definition) is 3. The Hall–Kier alpha value is -0.0800. The lowest BCUT2D eigenvalue weighted by atomic mass is 9.87. The summed E-state index contributed by atoms with van der Waals surface area (Å²) in [6.45, 7) is 10.8. The van der Waals surface area contributed by atoms with E-state index in [-0.39, 0.29) is 24.0 Å². The van der Waals surface area contributed by atoms with Gasteiger partial charge in [0.1, 0.15) is 0 Å². The maximum atomic E-state index is 5.66. The molecule has 138 valence electrons. The first-order chi connectivity index (χ1) is 11.3. The second-order valence-electron chi connectivity index (χ2n) is 8.05. The van der Waals surface area contributed by atoms with Crippen LogP contribution in [-0.4, -0.2) is 74.3 Å². The summed E-state index contributed by atoms with van der Waals surface area (Å²) in [5, 5.41) is 3.52. The van der Waals surface area contributed by atoms with Crippen molar-refractivity contribution in [1.29, 1.82) is 0 Å². The van der Waals surface area contributed by atoms with Crippen LogP contribution in [0, 0.1) is 11.3 Å². The van der Waals surface area contributed by atoms with Crippen LogP contribution in [0.4, 0.5) is 0 Å². The Morgan fingerprint density at radius 2 is 2.12 bits per heavy atom. The zero-order valence-corrected chi connectivity index (χ0v) is 17.3. The normalized spacial score (nSPS) is 34.1. The standard InChI is InChI=1S/C18H32N4O.HI/c1-2-19-17(22-9-6-18(13-22)7-10-23-14-18)20-11-15-5-8-21(12-15)16-3-4-16;/h15-16H,2-14H2,1H3,(H,19,20);1H. The largest absolute Gasteiger partial charge is 0.381 e. The number of likely N-dealkylation sites (tertiary alicyclic amines) is 2. The fourth-order valence-electron chi connectivity index (χ4n) is 4.51. The van der Waals surface area contributed by atoms with Gasteiger partial charge in [0.15, 0.2) is 5.96 Å². The summed E-state index contributed by atoms with van der Waals surface area (Å²) in [6, 6.07) is 0.915. The summed E-state index contributed by atoms with van der Waals surface area (Å²) in [6.07, 6.45) is 6.67. The number of aliphatic imine (C=N–C) groups is 1. The maximum absolute atomic E-state index is 5.66. The van der Waals surface area contributed by atoms with Gasteiger partial charge in [0.05, 0.1) is 6.61 Å². The molecule has 4 aliphatic rings. The Balaban J connectivity index is 0.00000169. The van der Waals surface area contributed by atoms with Gasteiger partial charge < -0.3 is 19.9 Å². The Morgan fingerprint density at radius 1 is 1.25 bits per heavy atom. The highest BCUT2D eigenvalue weighted by Gasteiger charge is 2.42. The quantitative estimate of drug-likeness (QED) is 0.407. The molecule has 5 nitrogen and oxygen atoms in total. The van der Waals surface area contributed by atoms with Crippen LogP contribution in [-0.2, 0) is 4.74 Å². The molecule has 3 heterocycles. The molecule has 2 atom stereocenters. The third-order valence-corrected chi connectivity index (χ3v) is 6.14. The number of nitrogens with zero attached hydrogens (tertiary/aromatic N) is 3. The van der Waals surface area contributed by atoms with Crippen LogP contribution < -0.4 is 5.32 Å². The first-order valence-electron chi connectivity index (χ1n) is 9.63. The van der Waals surface area contributed by atoms with E-state index in [1.165, 1.54) is 45.2 Å². The zero-order valence-electron chi connectivity index (χ0n) is 15.0. The summed E-state index contributed by atoms with van der Waals surface area (Å²) in [4.78, 5) is 10.2. The molecular formula is C18H33IN4O. The van der Waals surface area contributed by atoms with Crippen molar-refractivity contribution >= 4 is 29.9 Å². The molecule has 0 amide bonds. The minimum Gasteiger partial charge on any atom is -0.381 e. The molecule has 3 saturated heterocycles. The highest BCUT2D eigenvalue weighted by atomic mass is 127. The molecule has 0 aromatic heterocycles. The number of halogens is 1. The first-order valence-corrected chi connectivity index (χ1v) is 9.63. The van der Waals surface area contributed by atoms with E-state index in [2.05, 4.69) is 22.0 Å². The van der Waals surface area contributed by atoms with Gasteiger partial charge in [0.25, 0.3) is 0 Å². The van der Waals surface area contributed by atoms with Crippen molar-refractivity contribution in [2.45, 2.75) is 45.1 Å². The summed E-state index contributed by atoms with van der Waals surface area (Å²) >= 11 is 0. The minimum absolute atomic E-state index is 0. The average Bonchev–Trinajstić information content (AvgIpc) is 3.00. The lowest BCUT2D eigenvalue weighted by molar-refractivity contribution is 0.156. The fraction of sp³-hybridized carbons (Fsp3) is 0.944. The van der Waals surface area contributed by atoms with Crippen molar-refractivity contribution in [1.82, 2.24) is 15.1 Å². The van der Waals surface area contributed by atoms with Crippen LogP contribution in [0.3, 0.4) is 0 Å². The number of ether oxygens (including phenoxy) is 1. The van der Waals surface area contributed by atoms with Crippen LogP contribution in [0.15, 0.2) is 4.99 Å². The van der Waals surface area contributed by atoms with Gasteiger partial charge in [-0.3, -0.25) is 4.99 Å². The molecular weight excluding hydrogens is 415 g/mol. The molecule has 0 aromatic rings. The average molecular weight is 448 g/mol. The van der Waals surface area contributed by atoms with E-state index in [0.29, 0.717) is 5.41 Å². The number of rotatable bonds is 4.